The molecule has 1 heterocycles. The summed E-state index contributed by atoms with van der Waals surface area (Å²) < 4.78 is 15.5. The number of para-hydroxylation sites is 1. The Kier molecular flexibility index (Phi) is 4.70. The van der Waals surface area contributed by atoms with Crippen molar-refractivity contribution in [3.8, 4) is 11.5 Å². The number of anilines is 1. The second kappa shape index (κ2) is 7.08. The molecule has 0 spiro atoms. The molecule has 0 radical (unpaired) electrons. The third-order valence-corrected chi connectivity index (χ3v) is 3.73. The molecule has 0 saturated heterocycles. The van der Waals surface area contributed by atoms with Crippen LogP contribution in [0.1, 0.15) is 22.8 Å². The fourth-order valence-corrected chi connectivity index (χ4v) is 2.52. The van der Waals surface area contributed by atoms with Gasteiger partial charge in [0.25, 0.3) is 0 Å². The van der Waals surface area contributed by atoms with E-state index in [0.29, 0.717) is 5.56 Å². The minimum Gasteiger partial charge on any atom is -0.465 e. The van der Waals surface area contributed by atoms with Crippen LogP contribution in [0.15, 0.2) is 54.2 Å². The number of esters is 1. The number of carbonyl (C=O) groups excluding carboxylic acids is 1. The van der Waals surface area contributed by atoms with Crippen LogP contribution in [0.2, 0.25) is 0 Å². The molecule has 5 nitrogen and oxygen atoms in total. The number of hydrogen-bond donors (Lipinski definition) is 1. The Labute approximate surface area is 140 Å². The summed E-state index contributed by atoms with van der Waals surface area (Å²) in [6.45, 7) is 2.30. The van der Waals surface area contributed by atoms with Crippen LogP contribution in [-0.2, 0) is 11.2 Å². The van der Waals surface area contributed by atoms with Crippen LogP contribution < -0.4 is 14.8 Å². The van der Waals surface area contributed by atoms with Crippen molar-refractivity contribution in [1.29, 1.82) is 0 Å². The van der Waals surface area contributed by atoms with E-state index in [2.05, 4.69) is 5.32 Å². The number of fused-ring (bicyclic) bond motifs is 1. The lowest BCUT2D eigenvalue weighted by molar-refractivity contribution is 0.0602. The number of carbonyl (C=O) groups is 1. The smallest absolute Gasteiger partial charge is 0.339 e. The highest BCUT2D eigenvalue weighted by molar-refractivity contribution is 5.95. The Morgan fingerprint density at radius 2 is 2.00 bits per heavy atom. The molecule has 5 heteroatoms. The number of hydrogen-bond acceptors (Lipinski definition) is 5. The average Bonchev–Trinajstić information content (AvgIpc) is 3.07. The summed E-state index contributed by atoms with van der Waals surface area (Å²) in [6.07, 6.45) is 2.66. The number of nitrogens with one attached hydrogen (secondary N) is 1. The molecule has 0 aliphatic carbocycles. The molecule has 24 heavy (non-hydrogen) atoms. The third-order valence-electron chi connectivity index (χ3n) is 3.73. The summed E-state index contributed by atoms with van der Waals surface area (Å²) in [5.74, 6) is 1.20. The number of rotatable bonds is 5. The number of allylic oxidation sites excluding steroid dienone is 1. The minimum absolute atomic E-state index is 0.277. The molecule has 0 amide bonds. The second-order valence-electron chi connectivity index (χ2n) is 5.54. The van der Waals surface area contributed by atoms with E-state index in [-0.39, 0.29) is 12.8 Å². The van der Waals surface area contributed by atoms with Gasteiger partial charge >= 0.3 is 5.97 Å². The summed E-state index contributed by atoms with van der Waals surface area (Å²) in [4.78, 5) is 11.8. The number of ether oxygens (including phenoxy) is 3. The number of benzene rings is 2. The molecule has 2 aromatic carbocycles. The van der Waals surface area contributed by atoms with Crippen molar-refractivity contribution in [2.45, 2.75) is 13.3 Å². The first-order valence-electron chi connectivity index (χ1n) is 7.65. The quantitative estimate of drug-likeness (QED) is 0.848. The Balaban J connectivity index is 1.70. The first-order valence-corrected chi connectivity index (χ1v) is 7.65. The van der Waals surface area contributed by atoms with Gasteiger partial charge < -0.3 is 19.5 Å². The van der Waals surface area contributed by atoms with E-state index >= 15 is 0 Å². The standard InChI is InChI=1S/C19H19NO4/c1-13(9-14-7-8-17-18(10-14)24-12-23-17)11-20-16-6-4-3-5-15(16)19(21)22-2/h3-8,10-11,20H,9,12H2,1-2H3/b13-11-. The van der Waals surface area contributed by atoms with E-state index in [4.69, 9.17) is 14.2 Å². The van der Waals surface area contributed by atoms with Crippen molar-refractivity contribution in [3.63, 3.8) is 0 Å². The van der Waals surface area contributed by atoms with Gasteiger partial charge in [0, 0.05) is 6.20 Å². The molecule has 0 atom stereocenters. The van der Waals surface area contributed by atoms with Crippen LogP contribution >= 0.6 is 0 Å². The summed E-state index contributed by atoms with van der Waals surface area (Å²) in [5.41, 5.74) is 3.48. The molecule has 0 saturated carbocycles. The maximum atomic E-state index is 11.8. The molecular weight excluding hydrogens is 306 g/mol. The zero-order valence-corrected chi connectivity index (χ0v) is 13.7. The lowest BCUT2D eigenvalue weighted by Crippen LogP contribution is -2.05. The largest absolute Gasteiger partial charge is 0.465 e. The van der Waals surface area contributed by atoms with E-state index in [1.807, 2.05) is 43.5 Å². The Morgan fingerprint density at radius 1 is 1.21 bits per heavy atom. The summed E-state index contributed by atoms with van der Waals surface area (Å²) in [7, 11) is 1.37. The van der Waals surface area contributed by atoms with Crippen molar-refractivity contribution < 1.29 is 19.0 Å². The van der Waals surface area contributed by atoms with Gasteiger partial charge in [-0.05, 0) is 43.2 Å². The van der Waals surface area contributed by atoms with Gasteiger partial charge in [0.15, 0.2) is 11.5 Å². The zero-order valence-electron chi connectivity index (χ0n) is 13.7. The van der Waals surface area contributed by atoms with Crippen molar-refractivity contribution in [3.05, 3.63) is 65.4 Å². The van der Waals surface area contributed by atoms with Gasteiger partial charge in [-0.25, -0.2) is 4.79 Å². The van der Waals surface area contributed by atoms with Crippen LogP contribution in [0.4, 0.5) is 5.69 Å². The van der Waals surface area contributed by atoms with Gasteiger partial charge in [0.2, 0.25) is 6.79 Å². The molecule has 1 aliphatic rings. The first kappa shape index (κ1) is 15.9. The molecule has 0 unspecified atom stereocenters. The highest BCUT2D eigenvalue weighted by Crippen LogP contribution is 2.33. The molecule has 0 aromatic heterocycles. The number of methoxy groups -OCH3 is 1. The van der Waals surface area contributed by atoms with Crippen LogP contribution in [-0.4, -0.2) is 19.9 Å². The lowest BCUT2D eigenvalue weighted by Gasteiger charge is -2.09. The second-order valence-corrected chi connectivity index (χ2v) is 5.54. The minimum atomic E-state index is -0.361. The summed E-state index contributed by atoms with van der Waals surface area (Å²) >= 11 is 0. The normalized spacial score (nSPS) is 12.8. The molecule has 1 aliphatic heterocycles. The molecule has 0 fully saturated rings. The van der Waals surface area contributed by atoms with Crippen molar-refractivity contribution >= 4 is 11.7 Å². The van der Waals surface area contributed by atoms with Gasteiger partial charge in [-0.2, -0.15) is 0 Å². The summed E-state index contributed by atoms with van der Waals surface area (Å²) in [5, 5.41) is 3.18. The van der Waals surface area contributed by atoms with Crippen molar-refractivity contribution in [1.82, 2.24) is 0 Å². The van der Waals surface area contributed by atoms with Crippen molar-refractivity contribution in [2.75, 3.05) is 19.2 Å². The predicted octanol–water partition coefficient (Wildman–Crippen LogP) is 3.76. The maximum Gasteiger partial charge on any atom is 0.339 e. The fourth-order valence-electron chi connectivity index (χ4n) is 2.52. The Hall–Kier alpha value is -2.95. The molecule has 0 bridgehead atoms. The van der Waals surface area contributed by atoms with Gasteiger partial charge in [-0.1, -0.05) is 23.8 Å². The van der Waals surface area contributed by atoms with Gasteiger partial charge in [0.1, 0.15) is 0 Å². The van der Waals surface area contributed by atoms with Crippen LogP contribution in [0.5, 0.6) is 11.5 Å². The van der Waals surface area contributed by atoms with Gasteiger partial charge in [-0.3, -0.25) is 0 Å². The first-order chi connectivity index (χ1) is 11.7. The monoisotopic (exact) mass is 325 g/mol. The molecule has 124 valence electrons. The van der Waals surface area contributed by atoms with Crippen molar-refractivity contribution in [2.24, 2.45) is 0 Å². The van der Waals surface area contributed by atoms with Crippen LogP contribution in [0.25, 0.3) is 0 Å². The Bertz CT molecular complexity index is 783. The molecule has 1 N–H and O–H groups in total. The van der Waals surface area contributed by atoms with E-state index in [1.165, 1.54) is 7.11 Å². The van der Waals surface area contributed by atoms with E-state index in [9.17, 15) is 4.79 Å². The molecule has 2 aromatic rings. The van der Waals surface area contributed by atoms with E-state index in [1.54, 1.807) is 12.1 Å². The SMILES string of the molecule is COC(=O)c1ccccc1N/C=C(/C)Cc1ccc2c(c1)OCO2. The fraction of sp³-hybridized carbons (Fsp3) is 0.211. The Morgan fingerprint density at radius 3 is 2.83 bits per heavy atom. The summed E-state index contributed by atoms with van der Waals surface area (Å²) in [6, 6.07) is 13.2. The third kappa shape index (κ3) is 3.51. The highest BCUT2D eigenvalue weighted by Gasteiger charge is 2.13. The average molecular weight is 325 g/mol. The molecular formula is C19H19NO4. The van der Waals surface area contributed by atoms with Gasteiger partial charge in [0.05, 0.1) is 18.4 Å². The maximum absolute atomic E-state index is 11.8. The zero-order chi connectivity index (χ0) is 16.9. The molecule has 3 rings (SSSR count). The van der Waals surface area contributed by atoms with Crippen LogP contribution in [0.3, 0.4) is 0 Å². The predicted molar refractivity (Wildman–Crippen MR) is 91.4 cm³/mol. The topological polar surface area (TPSA) is 56.8 Å². The van der Waals surface area contributed by atoms with Gasteiger partial charge in [-0.15, -0.1) is 0 Å². The van der Waals surface area contributed by atoms with E-state index < -0.39 is 0 Å². The lowest BCUT2D eigenvalue weighted by atomic mass is 10.1. The van der Waals surface area contributed by atoms with Crippen LogP contribution in [0, 0.1) is 0 Å². The highest BCUT2D eigenvalue weighted by atomic mass is 16.7. The van der Waals surface area contributed by atoms with E-state index in [0.717, 1.165) is 34.7 Å².